The second kappa shape index (κ2) is 8.75. The molecule has 0 saturated carbocycles. The minimum Gasteiger partial charge on any atom is -0.395 e. The predicted molar refractivity (Wildman–Crippen MR) is 119 cm³/mol. The fourth-order valence-corrected chi connectivity index (χ4v) is 4.55. The first-order valence-corrected chi connectivity index (χ1v) is 10.5. The van der Waals surface area contributed by atoms with E-state index in [2.05, 4.69) is 32.8 Å². The third-order valence-corrected chi connectivity index (χ3v) is 6.15. The molecule has 0 unspecified atom stereocenters. The van der Waals surface area contributed by atoms with Gasteiger partial charge in [-0.2, -0.15) is 5.26 Å². The van der Waals surface area contributed by atoms with Crippen molar-refractivity contribution in [1.29, 1.82) is 5.26 Å². The van der Waals surface area contributed by atoms with Crippen LogP contribution in [0.15, 0.2) is 42.6 Å². The molecule has 3 aromatic rings. The molecule has 4 rings (SSSR count). The number of hydrogen-bond donors (Lipinski definition) is 1. The third-order valence-electron chi connectivity index (χ3n) is 5.61. The number of halogens is 2. The monoisotopic (exact) mass is 441 g/mol. The second-order valence-corrected chi connectivity index (χ2v) is 8.24. The molecule has 1 N–H and O–H groups in total. The highest BCUT2D eigenvalue weighted by molar-refractivity contribution is 6.32. The fraction of sp³-hybridized carbons (Fsp3) is 0.318. The number of nitriles is 1. The molecule has 0 aliphatic carbocycles. The van der Waals surface area contributed by atoms with Gasteiger partial charge in [-0.1, -0.05) is 29.3 Å². The quantitative estimate of drug-likeness (QED) is 0.619. The molecule has 8 heteroatoms. The number of rotatable bonds is 4. The molecule has 0 radical (unpaired) electrons. The number of anilines is 1. The number of nitrogens with zero attached hydrogens (tertiary/aromatic N) is 5. The Labute approximate surface area is 185 Å². The smallest absolute Gasteiger partial charge is 0.135 e. The van der Waals surface area contributed by atoms with E-state index in [1.807, 2.05) is 30.3 Å². The largest absolute Gasteiger partial charge is 0.395 e. The molecule has 1 aliphatic heterocycles. The number of pyridine rings is 2. The molecule has 6 nitrogen and oxygen atoms in total. The Hall–Kier alpha value is -2.43. The lowest BCUT2D eigenvalue weighted by molar-refractivity contribution is 0.0676. The van der Waals surface area contributed by atoms with Crippen molar-refractivity contribution >= 4 is 39.8 Å². The van der Waals surface area contributed by atoms with E-state index >= 15 is 0 Å². The zero-order chi connectivity index (χ0) is 21.3. The summed E-state index contributed by atoms with van der Waals surface area (Å²) in [6.45, 7) is 4.15. The van der Waals surface area contributed by atoms with Crippen molar-refractivity contribution in [3.05, 3.63) is 64.0 Å². The Morgan fingerprint density at radius 3 is 2.77 bits per heavy atom. The minimum absolute atomic E-state index is 0.0198. The van der Waals surface area contributed by atoms with Crippen molar-refractivity contribution in [3.8, 4) is 6.07 Å². The van der Waals surface area contributed by atoms with Gasteiger partial charge in [-0.05, 0) is 37.3 Å². The first-order chi connectivity index (χ1) is 14.5. The van der Waals surface area contributed by atoms with Crippen molar-refractivity contribution in [2.45, 2.75) is 25.6 Å². The molecule has 0 amide bonds. The first-order valence-electron chi connectivity index (χ1n) is 9.72. The summed E-state index contributed by atoms with van der Waals surface area (Å²) in [6.07, 6.45) is 1.70. The van der Waals surface area contributed by atoms with Gasteiger partial charge in [-0.25, -0.2) is 4.98 Å². The average Bonchev–Trinajstić information content (AvgIpc) is 2.75. The SMILES string of the molecule is C[C@@H]1CN(c2ccc(C#N)c3ncccc23)C[C@H](CO)N1Cc1ccc(Cl)nc1Cl. The molecule has 0 spiro atoms. The van der Waals surface area contributed by atoms with Gasteiger partial charge in [0.1, 0.15) is 16.4 Å². The Balaban J connectivity index is 1.63. The number of fused-ring (bicyclic) bond motifs is 1. The summed E-state index contributed by atoms with van der Waals surface area (Å²) in [7, 11) is 0. The van der Waals surface area contributed by atoms with E-state index in [9.17, 15) is 10.4 Å². The fourth-order valence-electron chi connectivity index (χ4n) is 4.14. The van der Waals surface area contributed by atoms with Crippen LogP contribution in [0, 0.1) is 11.3 Å². The number of aliphatic hydroxyl groups excluding tert-OH is 1. The predicted octanol–water partition coefficient (Wildman–Crippen LogP) is 3.88. The van der Waals surface area contributed by atoms with Gasteiger partial charge >= 0.3 is 0 Å². The van der Waals surface area contributed by atoms with Gasteiger partial charge in [-0.3, -0.25) is 9.88 Å². The van der Waals surface area contributed by atoms with Crippen LogP contribution in [-0.4, -0.2) is 51.8 Å². The van der Waals surface area contributed by atoms with Crippen LogP contribution in [0.1, 0.15) is 18.1 Å². The van der Waals surface area contributed by atoms with E-state index < -0.39 is 0 Å². The number of hydrogen-bond acceptors (Lipinski definition) is 6. The highest BCUT2D eigenvalue weighted by atomic mass is 35.5. The minimum atomic E-state index is -0.0807. The highest BCUT2D eigenvalue weighted by Gasteiger charge is 2.33. The van der Waals surface area contributed by atoms with Gasteiger partial charge < -0.3 is 10.0 Å². The van der Waals surface area contributed by atoms with Crippen molar-refractivity contribution in [3.63, 3.8) is 0 Å². The standard InChI is InChI=1S/C22H21Cl2N5O/c1-14-10-28(19-6-4-15(9-25)21-18(19)3-2-8-26-21)12-17(13-30)29(14)11-16-5-7-20(23)27-22(16)24/h2-8,14,17,30H,10-13H2,1H3/t14-,17-/m1/s1. The van der Waals surface area contributed by atoms with E-state index in [0.717, 1.165) is 23.2 Å². The maximum atomic E-state index is 10.1. The maximum absolute atomic E-state index is 10.1. The topological polar surface area (TPSA) is 76.3 Å². The second-order valence-electron chi connectivity index (χ2n) is 7.49. The van der Waals surface area contributed by atoms with Crippen molar-refractivity contribution in [1.82, 2.24) is 14.9 Å². The molecule has 154 valence electrons. The Morgan fingerprint density at radius 1 is 1.20 bits per heavy atom. The molecule has 1 aliphatic rings. The van der Waals surface area contributed by atoms with E-state index in [1.54, 1.807) is 12.3 Å². The van der Waals surface area contributed by atoms with Crippen LogP contribution in [0.4, 0.5) is 5.69 Å². The van der Waals surface area contributed by atoms with Gasteiger partial charge in [-0.15, -0.1) is 0 Å². The number of piperazine rings is 1. The van der Waals surface area contributed by atoms with Gasteiger partial charge in [0.2, 0.25) is 0 Å². The summed E-state index contributed by atoms with van der Waals surface area (Å²) in [4.78, 5) is 13.0. The lowest BCUT2D eigenvalue weighted by Crippen LogP contribution is -2.58. The van der Waals surface area contributed by atoms with Crippen LogP contribution < -0.4 is 4.90 Å². The zero-order valence-electron chi connectivity index (χ0n) is 16.5. The van der Waals surface area contributed by atoms with E-state index in [0.29, 0.717) is 34.5 Å². The van der Waals surface area contributed by atoms with Crippen molar-refractivity contribution in [2.75, 3.05) is 24.6 Å². The van der Waals surface area contributed by atoms with E-state index in [-0.39, 0.29) is 18.7 Å². The average molecular weight is 442 g/mol. The summed E-state index contributed by atoms with van der Waals surface area (Å²) in [5, 5.41) is 21.2. The normalized spacial score (nSPS) is 19.8. The van der Waals surface area contributed by atoms with Crippen molar-refractivity contribution in [2.24, 2.45) is 0 Å². The molecular formula is C22H21Cl2N5O. The first kappa shape index (κ1) is 20.8. The number of benzene rings is 1. The Bertz CT molecular complexity index is 1120. The summed E-state index contributed by atoms with van der Waals surface area (Å²) >= 11 is 12.2. The molecule has 1 aromatic carbocycles. The van der Waals surface area contributed by atoms with Crippen LogP contribution in [0.3, 0.4) is 0 Å². The molecule has 2 atom stereocenters. The number of aliphatic hydroxyl groups is 1. The molecule has 30 heavy (non-hydrogen) atoms. The Kier molecular flexibility index (Phi) is 6.07. The molecule has 2 aromatic heterocycles. The summed E-state index contributed by atoms with van der Waals surface area (Å²) in [5.74, 6) is 0. The lowest BCUT2D eigenvalue weighted by atomic mass is 10.0. The molecule has 3 heterocycles. The van der Waals surface area contributed by atoms with Gasteiger partial charge in [0.15, 0.2) is 0 Å². The summed E-state index contributed by atoms with van der Waals surface area (Å²) in [5.41, 5.74) is 3.16. The van der Waals surface area contributed by atoms with E-state index in [1.165, 1.54) is 0 Å². The van der Waals surface area contributed by atoms with Crippen LogP contribution in [0.2, 0.25) is 10.3 Å². The van der Waals surface area contributed by atoms with Gasteiger partial charge in [0.25, 0.3) is 0 Å². The maximum Gasteiger partial charge on any atom is 0.135 e. The molecular weight excluding hydrogens is 421 g/mol. The van der Waals surface area contributed by atoms with Crippen LogP contribution in [-0.2, 0) is 6.54 Å². The van der Waals surface area contributed by atoms with Crippen LogP contribution in [0.5, 0.6) is 0 Å². The zero-order valence-corrected chi connectivity index (χ0v) is 18.0. The summed E-state index contributed by atoms with van der Waals surface area (Å²) < 4.78 is 0. The molecule has 1 fully saturated rings. The highest BCUT2D eigenvalue weighted by Crippen LogP contribution is 2.32. The molecule has 1 saturated heterocycles. The molecule has 0 bridgehead atoms. The Morgan fingerprint density at radius 2 is 2.03 bits per heavy atom. The van der Waals surface area contributed by atoms with E-state index in [4.69, 9.17) is 23.2 Å². The third kappa shape index (κ3) is 3.94. The summed E-state index contributed by atoms with van der Waals surface area (Å²) in [6, 6.07) is 13.6. The van der Waals surface area contributed by atoms with Gasteiger partial charge in [0, 0.05) is 48.5 Å². The number of aromatic nitrogens is 2. The van der Waals surface area contributed by atoms with Crippen LogP contribution in [0.25, 0.3) is 10.9 Å². The lowest BCUT2D eigenvalue weighted by Gasteiger charge is -2.46. The van der Waals surface area contributed by atoms with Crippen molar-refractivity contribution < 1.29 is 5.11 Å². The van der Waals surface area contributed by atoms with Crippen LogP contribution >= 0.6 is 23.2 Å². The van der Waals surface area contributed by atoms with Gasteiger partial charge in [0.05, 0.1) is 23.7 Å².